The third-order valence-electron chi connectivity index (χ3n) is 3.13. The van der Waals surface area contributed by atoms with Gasteiger partial charge in [-0.25, -0.2) is 0 Å². The highest BCUT2D eigenvalue weighted by atomic mass is 16.2. The van der Waals surface area contributed by atoms with E-state index in [1.165, 1.54) is 0 Å². The molecule has 1 aliphatic carbocycles. The number of carbonyl (C=O) groups excluding carboxylic acids is 2. The third-order valence-corrected chi connectivity index (χ3v) is 3.13. The van der Waals surface area contributed by atoms with Crippen molar-refractivity contribution in [1.82, 2.24) is 4.90 Å². The van der Waals surface area contributed by atoms with E-state index in [-0.39, 0.29) is 11.3 Å². The number of hydrogen-bond acceptors (Lipinski definition) is 2. The highest BCUT2D eigenvalue weighted by Gasteiger charge is 2.44. The topological polar surface area (TPSA) is 37.4 Å². The lowest BCUT2D eigenvalue weighted by Crippen LogP contribution is -2.21. The van der Waals surface area contributed by atoms with Crippen molar-refractivity contribution in [2.75, 3.05) is 14.1 Å². The summed E-state index contributed by atoms with van der Waals surface area (Å²) in [4.78, 5) is 24.1. The molecule has 1 aliphatic rings. The van der Waals surface area contributed by atoms with Crippen LogP contribution in [0, 0.1) is 0 Å². The molecule has 0 aromatic heterocycles. The molecule has 16 heavy (non-hydrogen) atoms. The van der Waals surface area contributed by atoms with E-state index in [2.05, 4.69) is 0 Å². The lowest BCUT2D eigenvalue weighted by atomic mass is 9.96. The Hall–Kier alpha value is -1.64. The molecule has 1 saturated carbocycles. The second kappa shape index (κ2) is 3.74. The first-order valence-electron chi connectivity index (χ1n) is 5.38. The largest absolute Gasteiger partial charge is 0.345 e. The van der Waals surface area contributed by atoms with Gasteiger partial charge in [-0.2, -0.15) is 0 Å². The predicted molar refractivity (Wildman–Crippen MR) is 61.4 cm³/mol. The molecule has 0 saturated heterocycles. The van der Waals surface area contributed by atoms with Crippen LogP contribution in [0.3, 0.4) is 0 Å². The second-order valence-electron chi connectivity index (χ2n) is 4.55. The standard InChI is InChI=1S/C13H15NO2/c1-14(2)12(16)10-3-5-11(6-4-10)13(9-15)7-8-13/h3-6,9H,7-8H2,1-2H3. The first-order chi connectivity index (χ1) is 7.59. The fourth-order valence-corrected chi connectivity index (χ4v) is 1.81. The van der Waals surface area contributed by atoms with Crippen LogP contribution in [0.1, 0.15) is 28.8 Å². The molecule has 84 valence electrons. The Morgan fingerprint density at radius 2 is 1.81 bits per heavy atom. The molecule has 0 N–H and O–H groups in total. The van der Waals surface area contributed by atoms with Crippen LogP contribution in [0.4, 0.5) is 0 Å². The van der Waals surface area contributed by atoms with Crippen LogP contribution in [-0.4, -0.2) is 31.2 Å². The molecule has 1 amide bonds. The van der Waals surface area contributed by atoms with Gasteiger partial charge >= 0.3 is 0 Å². The summed E-state index contributed by atoms with van der Waals surface area (Å²) in [6.45, 7) is 0. The Kier molecular flexibility index (Phi) is 2.54. The van der Waals surface area contributed by atoms with Crippen molar-refractivity contribution in [2.24, 2.45) is 0 Å². The van der Waals surface area contributed by atoms with Gasteiger partial charge in [0.1, 0.15) is 6.29 Å². The Morgan fingerprint density at radius 3 is 2.19 bits per heavy atom. The van der Waals surface area contributed by atoms with Crippen LogP contribution in [-0.2, 0) is 10.2 Å². The van der Waals surface area contributed by atoms with Gasteiger partial charge in [0.25, 0.3) is 5.91 Å². The first kappa shape index (κ1) is 10.9. The third kappa shape index (κ3) is 1.73. The van der Waals surface area contributed by atoms with E-state index in [9.17, 15) is 9.59 Å². The molecule has 0 spiro atoms. The van der Waals surface area contributed by atoms with Crippen LogP contribution in [0.2, 0.25) is 0 Å². The van der Waals surface area contributed by atoms with Gasteiger partial charge < -0.3 is 9.69 Å². The molecule has 0 unspecified atom stereocenters. The van der Waals surface area contributed by atoms with Crippen LogP contribution >= 0.6 is 0 Å². The van der Waals surface area contributed by atoms with E-state index in [4.69, 9.17) is 0 Å². The number of aldehydes is 1. The zero-order valence-corrected chi connectivity index (χ0v) is 9.56. The van der Waals surface area contributed by atoms with Crippen molar-refractivity contribution >= 4 is 12.2 Å². The van der Waals surface area contributed by atoms with E-state index in [0.29, 0.717) is 5.56 Å². The number of nitrogens with zero attached hydrogens (tertiary/aromatic N) is 1. The predicted octanol–water partition coefficient (Wildman–Crippen LogP) is 1.62. The molecule has 1 fully saturated rings. The zero-order chi connectivity index (χ0) is 11.8. The molecule has 0 radical (unpaired) electrons. The Balaban J connectivity index is 2.23. The van der Waals surface area contributed by atoms with E-state index < -0.39 is 0 Å². The van der Waals surface area contributed by atoms with Crippen molar-refractivity contribution in [3.05, 3.63) is 35.4 Å². The SMILES string of the molecule is CN(C)C(=O)c1ccc(C2(C=O)CC2)cc1. The van der Waals surface area contributed by atoms with Crippen molar-refractivity contribution in [2.45, 2.75) is 18.3 Å². The van der Waals surface area contributed by atoms with Gasteiger partial charge in [0, 0.05) is 19.7 Å². The lowest BCUT2D eigenvalue weighted by molar-refractivity contribution is -0.109. The minimum atomic E-state index is -0.250. The van der Waals surface area contributed by atoms with Gasteiger partial charge in [0.2, 0.25) is 0 Å². The van der Waals surface area contributed by atoms with Crippen LogP contribution in [0.15, 0.2) is 24.3 Å². The molecule has 2 rings (SSSR count). The van der Waals surface area contributed by atoms with Crippen LogP contribution in [0.25, 0.3) is 0 Å². The maximum absolute atomic E-state index is 11.6. The maximum Gasteiger partial charge on any atom is 0.253 e. The summed E-state index contributed by atoms with van der Waals surface area (Å²) >= 11 is 0. The van der Waals surface area contributed by atoms with Crippen LogP contribution in [0.5, 0.6) is 0 Å². The molecule has 0 aliphatic heterocycles. The van der Waals surface area contributed by atoms with Gasteiger partial charge in [-0.15, -0.1) is 0 Å². The molecule has 0 atom stereocenters. The van der Waals surface area contributed by atoms with E-state index in [0.717, 1.165) is 24.7 Å². The zero-order valence-electron chi connectivity index (χ0n) is 9.56. The Labute approximate surface area is 95.1 Å². The molecule has 0 bridgehead atoms. The molecule has 1 aromatic rings. The Bertz CT molecular complexity index is 416. The summed E-state index contributed by atoms with van der Waals surface area (Å²) in [5.74, 6) is -0.0116. The van der Waals surface area contributed by atoms with Crippen molar-refractivity contribution in [3.8, 4) is 0 Å². The normalized spacial score (nSPS) is 16.6. The average molecular weight is 217 g/mol. The van der Waals surface area contributed by atoms with Crippen LogP contribution < -0.4 is 0 Å². The van der Waals surface area contributed by atoms with Crippen molar-refractivity contribution in [1.29, 1.82) is 0 Å². The Morgan fingerprint density at radius 1 is 1.25 bits per heavy atom. The number of benzene rings is 1. The number of hydrogen-bond donors (Lipinski definition) is 0. The van der Waals surface area contributed by atoms with Gasteiger partial charge in [-0.1, -0.05) is 12.1 Å². The monoisotopic (exact) mass is 217 g/mol. The first-order valence-corrected chi connectivity index (χ1v) is 5.38. The molecular weight excluding hydrogens is 202 g/mol. The van der Waals surface area contributed by atoms with E-state index in [1.54, 1.807) is 31.1 Å². The number of rotatable bonds is 3. The molecular formula is C13H15NO2. The van der Waals surface area contributed by atoms with Gasteiger partial charge in [0.15, 0.2) is 0 Å². The average Bonchev–Trinajstić information content (AvgIpc) is 3.09. The molecule has 0 heterocycles. The maximum atomic E-state index is 11.6. The number of amides is 1. The second-order valence-corrected chi connectivity index (χ2v) is 4.55. The van der Waals surface area contributed by atoms with E-state index in [1.807, 2.05) is 12.1 Å². The van der Waals surface area contributed by atoms with Gasteiger partial charge in [0.05, 0.1) is 5.41 Å². The summed E-state index contributed by atoms with van der Waals surface area (Å²) in [7, 11) is 3.45. The van der Waals surface area contributed by atoms with Crippen molar-refractivity contribution < 1.29 is 9.59 Å². The lowest BCUT2D eigenvalue weighted by Gasteiger charge is -2.12. The molecule has 1 aromatic carbocycles. The summed E-state index contributed by atoms with van der Waals surface area (Å²) in [5, 5.41) is 0. The molecule has 3 heteroatoms. The highest BCUT2D eigenvalue weighted by Crippen LogP contribution is 2.46. The molecule has 3 nitrogen and oxygen atoms in total. The summed E-state index contributed by atoms with van der Waals surface area (Å²) in [5.41, 5.74) is 1.44. The van der Waals surface area contributed by atoms with Crippen molar-refractivity contribution in [3.63, 3.8) is 0 Å². The quantitative estimate of drug-likeness (QED) is 0.721. The summed E-state index contributed by atoms with van der Waals surface area (Å²) in [6, 6.07) is 7.36. The minimum Gasteiger partial charge on any atom is -0.345 e. The fourth-order valence-electron chi connectivity index (χ4n) is 1.81. The fraction of sp³-hybridized carbons (Fsp3) is 0.385. The smallest absolute Gasteiger partial charge is 0.253 e. The highest BCUT2D eigenvalue weighted by molar-refractivity contribution is 5.94. The minimum absolute atomic E-state index is 0.0116. The van der Waals surface area contributed by atoms with Gasteiger partial charge in [-0.3, -0.25) is 4.79 Å². The number of carbonyl (C=O) groups is 2. The summed E-state index contributed by atoms with van der Waals surface area (Å²) in [6.07, 6.45) is 2.88. The van der Waals surface area contributed by atoms with E-state index >= 15 is 0 Å². The summed E-state index contributed by atoms with van der Waals surface area (Å²) < 4.78 is 0. The van der Waals surface area contributed by atoms with Gasteiger partial charge in [-0.05, 0) is 30.5 Å².